The molecule has 0 saturated heterocycles. The first kappa shape index (κ1) is 11.6. The average molecular weight is 232 g/mol. The van der Waals surface area contributed by atoms with Crippen LogP contribution in [-0.2, 0) is 6.61 Å². The van der Waals surface area contributed by atoms with Crippen LogP contribution in [0.3, 0.4) is 0 Å². The summed E-state index contributed by atoms with van der Waals surface area (Å²) in [4.78, 5) is 0. The number of aryl methyl sites for hydroxylation is 3. The lowest BCUT2D eigenvalue weighted by Gasteiger charge is -2.12. The fourth-order valence-corrected chi connectivity index (χ4v) is 1.68. The maximum absolute atomic E-state index is 5.75. The van der Waals surface area contributed by atoms with Crippen molar-refractivity contribution in [3.63, 3.8) is 0 Å². The molecule has 17 heavy (non-hydrogen) atoms. The molecular weight excluding hydrogens is 216 g/mol. The van der Waals surface area contributed by atoms with Gasteiger partial charge < -0.3 is 9.15 Å². The molecule has 0 bridgehead atoms. The Morgan fingerprint density at radius 1 is 1.06 bits per heavy atom. The molecule has 0 aliphatic rings. The van der Waals surface area contributed by atoms with Gasteiger partial charge in [-0.25, -0.2) is 0 Å². The summed E-state index contributed by atoms with van der Waals surface area (Å²) in [5, 5.41) is 7.67. The van der Waals surface area contributed by atoms with Crippen molar-refractivity contribution >= 4 is 0 Å². The zero-order valence-corrected chi connectivity index (χ0v) is 10.6. The summed E-state index contributed by atoms with van der Waals surface area (Å²) in [5.41, 5.74) is 3.48. The fourth-order valence-electron chi connectivity index (χ4n) is 1.68. The van der Waals surface area contributed by atoms with Crippen LogP contribution in [0.15, 0.2) is 16.5 Å². The lowest BCUT2D eigenvalue weighted by Crippen LogP contribution is -2.00. The highest BCUT2D eigenvalue weighted by Crippen LogP contribution is 2.26. The topological polar surface area (TPSA) is 48.2 Å². The molecule has 1 heterocycles. The Labute approximate surface area is 101 Å². The first-order valence-corrected chi connectivity index (χ1v) is 5.56. The Morgan fingerprint density at radius 3 is 2.41 bits per heavy atom. The normalized spacial score (nSPS) is 10.6. The van der Waals surface area contributed by atoms with E-state index in [-0.39, 0.29) is 0 Å². The summed E-state index contributed by atoms with van der Waals surface area (Å²) < 4.78 is 11.0. The third-order valence-electron chi connectivity index (χ3n) is 2.78. The minimum Gasteiger partial charge on any atom is -0.483 e. The molecule has 0 unspecified atom stereocenters. The van der Waals surface area contributed by atoms with Crippen molar-refractivity contribution in [2.75, 3.05) is 0 Å². The molecule has 1 aromatic carbocycles. The van der Waals surface area contributed by atoms with Crippen LogP contribution in [-0.4, -0.2) is 10.2 Å². The average Bonchev–Trinajstić information content (AvgIpc) is 2.70. The van der Waals surface area contributed by atoms with Crippen LogP contribution < -0.4 is 4.74 Å². The van der Waals surface area contributed by atoms with E-state index in [4.69, 9.17) is 9.15 Å². The molecule has 0 radical (unpaired) electrons. The van der Waals surface area contributed by atoms with E-state index in [2.05, 4.69) is 36.2 Å². The number of ether oxygens (including phenoxy) is 1. The third-order valence-corrected chi connectivity index (χ3v) is 2.78. The Bertz CT molecular complexity index is 532. The largest absolute Gasteiger partial charge is 0.483 e. The van der Waals surface area contributed by atoms with Crippen molar-refractivity contribution in [2.45, 2.75) is 34.3 Å². The molecular formula is C13H16N2O2. The molecule has 0 fully saturated rings. The Balaban J connectivity index is 2.16. The van der Waals surface area contributed by atoms with Gasteiger partial charge in [0.25, 0.3) is 5.89 Å². The quantitative estimate of drug-likeness (QED) is 0.816. The number of hydrogen-bond donors (Lipinski definition) is 0. The summed E-state index contributed by atoms with van der Waals surface area (Å²) >= 11 is 0. The van der Waals surface area contributed by atoms with Crippen molar-refractivity contribution in [3.8, 4) is 5.75 Å². The molecule has 2 aromatic rings. The molecule has 2 rings (SSSR count). The highest BCUT2D eigenvalue weighted by atomic mass is 16.5. The second-order valence-corrected chi connectivity index (χ2v) is 4.16. The van der Waals surface area contributed by atoms with Crippen molar-refractivity contribution in [1.82, 2.24) is 10.2 Å². The zero-order chi connectivity index (χ0) is 12.4. The van der Waals surface area contributed by atoms with E-state index in [1.54, 1.807) is 6.92 Å². The molecule has 0 amide bonds. The van der Waals surface area contributed by atoms with E-state index in [0.29, 0.717) is 18.4 Å². The Hall–Kier alpha value is -1.84. The predicted octanol–water partition coefficient (Wildman–Crippen LogP) is 2.88. The van der Waals surface area contributed by atoms with Gasteiger partial charge in [-0.2, -0.15) is 0 Å². The lowest BCUT2D eigenvalue weighted by atomic mass is 10.1. The summed E-state index contributed by atoms with van der Waals surface area (Å²) in [6, 6.07) is 4.14. The molecule has 0 spiro atoms. The number of aromatic nitrogens is 2. The minimum absolute atomic E-state index is 0.311. The lowest BCUT2D eigenvalue weighted by molar-refractivity contribution is 0.257. The third kappa shape index (κ3) is 2.46. The van der Waals surface area contributed by atoms with Crippen molar-refractivity contribution in [3.05, 3.63) is 40.6 Å². The highest BCUT2D eigenvalue weighted by molar-refractivity contribution is 5.44. The van der Waals surface area contributed by atoms with E-state index in [0.717, 1.165) is 16.9 Å². The predicted molar refractivity (Wildman–Crippen MR) is 64.0 cm³/mol. The Morgan fingerprint density at radius 2 is 1.76 bits per heavy atom. The number of nitrogens with zero attached hydrogens (tertiary/aromatic N) is 2. The number of rotatable bonds is 3. The summed E-state index contributed by atoms with van der Waals surface area (Å²) in [6.07, 6.45) is 0. The van der Waals surface area contributed by atoms with Gasteiger partial charge in [-0.05, 0) is 37.5 Å². The van der Waals surface area contributed by atoms with E-state index >= 15 is 0 Å². The highest BCUT2D eigenvalue weighted by Gasteiger charge is 2.09. The summed E-state index contributed by atoms with van der Waals surface area (Å²) in [7, 11) is 0. The monoisotopic (exact) mass is 232 g/mol. The van der Waals surface area contributed by atoms with Gasteiger partial charge in [-0.15, -0.1) is 10.2 Å². The van der Waals surface area contributed by atoms with Crippen LogP contribution in [0.4, 0.5) is 0 Å². The summed E-state index contributed by atoms with van der Waals surface area (Å²) in [6.45, 7) is 8.22. The van der Waals surface area contributed by atoms with Crippen LogP contribution in [0.25, 0.3) is 0 Å². The second kappa shape index (κ2) is 4.57. The molecule has 90 valence electrons. The van der Waals surface area contributed by atoms with Crippen LogP contribution in [0.5, 0.6) is 5.75 Å². The van der Waals surface area contributed by atoms with E-state index in [1.165, 1.54) is 5.56 Å². The van der Waals surface area contributed by atoms with Gasteiger partial charge in [-0.1, -0.05) is 12.1 Å². The Kier molecular flexibility index (Phi) is 3.13. The van der Waals surface area contributed by atoms with E-state index < -0.39 is 0 Å². The van der Waals surface area contributed by atoms with Crippen LogP contribution in [0.1, 0.15) is 28.5 Å². The van der Waals surface area contributed by atoms with Gasteiger partial charge in [0, 0.05) is 6.92 Å². The van der Waals surface area contributed by atoms with Crippen molar-refractivity contribution in [2.24, 2.45) is 0 Å². The van der Waals surface area contributed by atoms with Crippen molar-refractivity contribution in [1.29, 1.82) is 0 Å². The molecule has 1 aromatic heterocycles. The molecule has 0 N–H and O–H groups in total. The minimum atomic E-state index is 0.311. The maximum atomic E-state index is 5.75. The van der Waals surface area contributed by atoms with Crippen LogP contribution in [0.2, 0.25) is 0 Å². The standard InChI is InChI=1S/C13H16N2O2/c1-8-5-6-9(2)13(10(8)3)16-7-12-15-14-11(4)17-12/h5-6H,7H2,1-4H3. The van der Waals surface area contributed by atoms with Crippen LogP contribution in [0, 0.1) is 27.7 Å². The fraction of sp³-hybridized carbons (Fsp3) is 0.385. The SMILES string of the molecule is Cc1nnc(COc2c(C)ccc(C)c2C)o1. The van der Waals surface area contributed by atoms with Crippen LogP contribution >= 0.6 is 0 Å². The number of hydrogen-bond acceptors (Lipinski definition) is 4. The molecule has 0 aliphatic carbocycles. The molecule has 0 atom stereocenters. The first-order valence-electron chi connectivity index (χ1n) is 5.56. The zero-order valence-electron chi connectivity index (χ0n) is 10.6. The van der Waals surface area contributed by atoms with Gasteiger partial charge >= 0.3 is 0 Å². The molecule has 4 nitrogen and oxygen atoms in total. The van der Waals surface area contributed by atoms with Gasteiger partial charge in [0.1, 0.15) is 5.75 Å². The summed E-state index contributed by atoms with van der Waals surface area (Å²) in [5.74, 6) is 1.96. The van der Waals surface area contributed by atoms with E-state index in [1.807, 2.05) is 6.92 Å². The first-order chi connectivity index (χ1) is 8.08. The molecule has 0 saturated carbocycles. The molecule has 0 aliphatic heterocycles. The van der Waals surface area contributed by atoms with Gasteiger partial charge in [0.15, 0.2) is 6.61 Å². The van der Waals surface area contributed by atoms with Gasteiger partial charge in [-0.3, -0.25) is 0 Å². The van der Waals surface area contributed by atoms with Gasteiger partial charge in [0.2, 0.25) is 5.89 Å². The number of benzene rings is 1. The maximum Gasteiger partial charge on any atom is 0.253 e. The van der Waals surface area contributed by atoms with E-state index in [9.17, 15) is 0 Å². The smallest absolute Gasteiger partial charge is 0.253 e. The molecule has 4 heteroatoms. The van der Waals surface area contributed by atoms with Crippen molar-refractivity contribution < 1.29 is 9.15 Å². The second-order valence-electron chi connectivity index (χ2n) is 4.16. The van der Waals surface area contributed by atoms with Gasteiger partial charge in [0.05, 0.1) is 0 Å².